The van der Waals surface area contributed by atoms with Gasteiger partial charge in [0.05, 0.1) is 17.9 Å². The number of methoxy groups -OCH3 is 1. The second kappa shape index (κ2) is 6.45. The largest absolute Gasteiger partial charge is 0.444 e. The van der Waals surface area contributed by atoms with Gasteiger partial charge in [-0.25, -0.2) is 9.37 Å². The fraction of sp³-hybridized carbons (Fsp3) is 0.357. The van der Waals surface area contributed by atoms with Crippen LogP contribution in [0.3, 0.4) is 0 Å². The molecule has 0 bridgehead atoms. The first kappa shape index (κ1) is 13.7. The van der Waals surface area contributed by atoms with E-state index in [1.165, 1.54) is 12.3 Å². The van der Waals surface area contributed by atoms with Gasteiger partial charge >= 0.3 is 0 Å². The molecule has 0 radical (unpaired) electrons. The van der Waals surface area contributed by atoms with Crippen LogP contribution in [-0.4, -0.2) is 25.2 Å². The van der Waals surface area contributed by atoms with Gasteiger partial charge in [0.15, 0.2) is 0 Å². The first-order chi connectivity index (χ1) is 9.20. The van der Waals surface area contributed by atoms with Crippen molar-refractivity contribution in [3.63, 3.8) is 0 Å². The summed E-state index contributed by atoms with van der Waals surface area (Å²) in [7, 11) is 1.65. The number of hydrogen-bond acceptors (Lipinski definition) is 4. The van der Waals surface area contributed by atoms with Gasteiger partial charge in [0.2, 0.25) is 5.89 Å². The maximum Gasteiger partial charge on any atom is 0.229 e. The molecule has 2 aromatic rings. The number of nitrogens with one attached hydrogen (secondary N) is 1. The first-order valence-electron chi connectivity index (χ1n) is 6.11. The van der Waals surface area contributed by atoms with Crippen LogP contribution in [0.15, 0.2) is 28.9 Å². The van der Waals surface area contributed by atoms with E-state index < -0.39 is 0 Å². The van der Waals surface area contributed by atoms with E-state index >= 15 is 0 Å². The van der Waals surface area contributed by atoms with Crippen LogP contribution in [0.5, 0.6) is 0 Å². The molecule has 0 unspecified atom stereocenters. The molecule has 5 heteroatoms. The molecule has 1 aromatic heterocycles. The van der Waals surface area contributed by atoms with Crippen LogP contribution in [0.25, 0.3) is 11.5 Å². The Bertz CT molecular complexity index is 540. The molecule has 1 aromatic carbocycles. The minimum Gasteiger partial charge on any atom is -0.444 e. The summed E-state index contributed by atoms with van der Waals surface area (Å²) in [6, 6.07) is 4.86. The molecule has 0 aliphatic heterocycles. The van der Waals surface area contributed by atoms with Crippen molar-refractivity contribution in [1.82, 2.24) is 10.3 Å². The summed E-state index contributed by atoms with van der Waals surface area (Å²) >= 11 is 0. The van der Waals surface area contributed by atoms with Crippen molar-refractivity contribution in [3.05, 3.63) is 41.5 Å². The summed E-state index contributed by atoms with van der Waals surface area (Å²) < 4.78 is 23.9. The van der Waals surface area contributed by atoms with Crippen LogP contribution < -0.4 is 5.32 Å². The fourth-order valence-corrected chi connectivity index (χ4v) is 1.71. The maximum atomic E-state index is 13.7. The molecule has 19 heavy (non-hydrogen) atoms. The second-order valence-corrected chi connectivity index (χ2v) is 4.30. The van der Waals surface area contributed by atoms with Gasteiger partial charge in [-0.2, -0.15) is 0 Å². The van der Waals surface area contributed by atoms with Gasteiger partial charge in [0, 0.05) is 20.2 Å². The fourth-order valence-electron chi connectivity index (χ4n) is 1.71. The molecule has 0 amide bonds. The third-order valence-corrected chi connectivity index (χ3v) is 2.69. The highest BCUT2D eigenvalue weighted by molar-refractivity contribution is 5.55. The van der Waals surface area contributed by atoms with Gasteiger partial charge in [0.1, 0.15) is 12.1 Å². The number of ether oxygens (including phenoxy) is 1. The third-order valence-electron chi connectivity index (χ3n) is 2.69. The number of nitrogens with zero attached hydrogens (tertiary/aromatic N) is 1. The molecule has 0 saturated carbocycles. The van der Waals surface area contributed by atoms with Gasteiger partial charge in [-0.3, -0.25) is 0 Å². The lowest BCUT2D eigenvalue weighted by Crippen LogP contribution is -2.18. The van der Waals surface area contributed by atoms with Gasteiger partial charge < -0.3 is 14.5 Å². The minimum atomic E-state index is -0.327. The van der Waals surface area contributed by atoms with E-state index in [9.17, 15) is 4.39 Å². The average Bonchev–Trinajstić information content (AvgIpc) is 2.86. The van der Waals surface area contributed by atoms with Crippen molar-refractivity contribution in [3.8, 4) is 11.5 Å². The van der Waals surface area contributed by atoms with E-state index in [0.29, 0.717) is 24.6 Å². The number of rotatable bonds is 6. The number of oxazole rings is 1. The predicted molar refractivity (Wildman–Crippen MR) is 70.2 cm³/mol. The molecule has 0 spiro atoms. The highest BCUT2D eigenvalue weighted by Gasteiger charge is 2.11. The summed E-state index contributed by atoms with van der Waals surface area (Å²) in [6.45, 7) is 3.84. The molecule has 4 nitrogen and oxygen atoms in total. The van der Waals surface area contributed by atoms with Crippen molar-refractivity contribution >= 4 is 0 Å². The molecule has 0 aliphatic carbocycles. The lowest BCUT2D eigenvalue weighted by molar-refractivity contribution is 0.199. The Hall–Kier alpha value is -1.72. The number of hydrogen-bond donors (Lipinski definition) is 1. The van der Waals surface area contributed by atoms with E-state index in [2.05, 4.69) is 10.3 Å². The quantitative estimate of drug-likeness (QED) is 0.814. The second-order valence-electron chi connectivity index (χ2n) is 4.30. The van der Waals surface area contributed by atoms with Crippen molar-refractivity contribution in [1.29, 1.82) is 0 Å². The van der Waals surface area contributed by atoms with E-state index in [4.69, 9.17) is 9.15 Å². The van der Waals surface area contributed by atoms with E-state index in [-0.39, 0.29) is 5.82 Å². The number of halogens is 1. The molecule has 1 N–H and O–H groups in total. The summed E-state index contributed by atoms with van der Waals surface area (Å²) in [5, 5.41) is 3.15. The highest BCUT2D eigenvalue weighted by Crippen LogP contribution is 2.23. The standard InChI is InChI=1S/C14H17FN2O2/c1-10-3-4-13(15)12(7-10)14-17-11(9-19-14)8-16-5-6-18-2/h3-4,7,9,16H,5-6,8H2,1-2H3. The highest BCUT2D eigenvalue weighted by atomic mass is 19.1. The van der Waals surface area contributed by atoms with Crippen molar-refractivity contribution in [2.45, 2.75) is 13.5 Å². The Balaban J connectivity index is 2.06. The van der Waals surface area contributed by atoms with Crippen molar-refractivity contribution < 1.29 is 13.5 Å². The zero-order chi connectivity index (χ0) is 13.7. The molecule has 1 heterocycles. The number of aryl methyl sites for hydroxylation is 1. The zero-order valence-corrected chi connectivity index (χ0v) is 11.1. The summed E-state index contributed by atoms with van der Waals surface area (Å²) in [4.78, 5) is 4.27. The van der Waals surface area contributed by atoms with Crippen molar-refractivity contribution in [2.75, 3.05) is 20.3 Å². The minimum absolute atomic E-state index is 0.310. The van der Waals surface area contributed by atoms with Crippen LogP contribution >= 0.6 is 0 Å². The normalized spacial score (nSPS) is 10.9. The van der Waals surface area contributed by atoms with Gasteiger partial charge in [0.25, 0.3) is 0 Å². The molecule has 2 rings (SSSR count). The maximum absolute atomic E-state index is 13.7. The molecule has 0 saturated heterocycles. The molecular weight excluding hydrogens is 247 g/mol. The SMILES string of the molecule is COCCNCc1coc(-c2cc(C)ccc2F)n1. The van der Waals surface area contributed by atoms with E-state index in [1.54, 1.807) is 19.2 Å². The average molecular weight is 264 g/mol. The lowest BCUT2D eigenvalue weighted by Gasteiger charge is -2.00. The summed E-state index contributed by atoms with van der Waals surface area (Å²) in [6.07, 6.45) is 1.54. The number of benzene rings is 1. The first-order valence-corrected chi connectivity index (χ1v) is 6.11. The monoisotopic (exact) mass is 264 g/mol. The Morgan fingerprint density at radius 1 is 1.42 bits per heavy atom. The van der Waals surface area contributed by atoms with Crippen LogP contribution in [0.2, 0.25) is 0 Å². The number of aromatic nitrogens is 1. The van der Waals surface area contributed by atoms with Crippen LogP contribution in [0.4, 0.5) is 4.39 Å². The van der Waals surface area contributed by atoms with E-state index in [1.807, 2.05) is 6.92 Å². The zero-order valence-electron chi connectivity index (χ0n) is 11.1. The molecular formula is C14H17FN2O2. The van der Waals surface area contributed by atoms with E-state index in [0.717, 1.165) is 17.8 Å². The molecule has 0 aliphatic rings. The Labute approximate surface area is 111 Å². The van der Waals surface area contributed by atoms with Gasteiger partial charge in [-0.05, 0) is 19.1 Å². The lowest BCUT2D eigenvalue weighted by atomic mass is 10.1. The van der Waals surface area contributed by atoms with Crippen LogP contribution in [-0.2, 0) is 11.3 Å². The van der Waals surface area contributed by atoms with Crippen LogP contribution in [0, 0.1) is 12.7 Å². The molecule has 0 atom stereocenters. The summed E-state index contributed by atoms with van der Waals surface area (Å²) in [5.74, 6) is -0.0175. The Morgan fingerprint density at radius 2 is 2.26 bits per heavy atom. The Kier molecular flexibility index (Phi) is 4.65. The smallest absolute Gasteiger partial charge is 0.229 e. The van der Waals surface area contributed by atoms with Crippen molar-refractivity contribution in [2.24, 2.45) is 0 Å². The predicted octanol–water partition coefficient (Wildman–Crippen LogP) is 2.53. The molecule has 0 fully saturated rings. The van der Waals surface area contributed by atoms with Crippen LogP contribution in [0.1, 0.15) is 11.3 Å². The summed E-state index contributed by atoms with van der Waals surface area (Å²) in [5.41, 5.74) is 2.10. The van der Waals surface area contributed by atoms with Gasteiger partial charge in [-0.1, -0.05) is 11.6 Å². The van der Waals surface area contributed by atoms with Gasteiger partial charge in [-0.15, -0.1) is 0 Å². The Morgan fingerprint density at radius 3 is 3.05 bits per heavy atom. The third kappa shape index (κ3) is 3.62. The molecule has 102 valence electrons. The topological polar surface area (TPSA) is 47.3 Å².